The number of pyridine rings is 2. The second-order valence-electron chi connectivity index (χ2n) is 4.70. The van der Waals surface area contributed by atoms with Crippen LogP contribution in [-0.4, -0.2) is 21.6 Å². The summed E-state index contributed by atoms with van der Waals surface area (Å²) in [5.74, 6) is 0. The second kappa shape index (κ2) is 5.73. The molecule has 0 amide bonds. The molecule has 0 aliphatic rings. The van der Waals surface area contributed by atoms with Crippen LogP contribution < -0.4 is 5.32 Å². The van der Waals surface area contributed by atoms with Gasteiger partial charge in [0.2, 0.25) is 0 Å². The minimum absolute atomic E-state index is 0.768. The standard InChI is InChI=1S/C15H15BrN4/c1-17-7-12-10-20(15-14(12)3-2-4-19-15)9-11-5-13(16)8-18-6-11/h2-6,8,10,17H,7,9H2,1H3. The lowest BCUT2D eigenvalue weighted by molar-refractivity contribution is 0.789. The highest BCUT2D eigenvalue weighted by molar-refractivity contribution is 9.10. The van der Waals surface area contributed by atoms with E-state index in [1.807, 2.05) is 25.5 Å². The van der Waals surface area contributed by atoms with Gasteiger partial charge in [0.15, 0.2) is 0 Å². The van der Waals surface area contributed by atoms with E-state index in [1.165, 1.54) is 10.9 Å². The van der Waals surface area contributed by atoms with Crippen LogP contribution in [0.5, 0.6) is 0 Å². The summed E-state index contributed by atoms with van der Waals surface area (Å²) in [4.78, 5) is 8.72. The molecule has 0 aromatic carbocycles. The van der Waals surface area contributed by atoms with E-state index in [1.54, 1.807) is 6.20 Å². The highest BCUT2D eigenvalue weighted by Gasteiger charge is 2.09. The van der Waals surface area contributed by atoms with Crippen LogP contribution in [0.2, 0.25) is 0 Å². The van der Waals surface area contributed by atoms with E-state index < -0.39 is 0 Å². The molecule has 0 saturated carbocycles. The maximum Gasteiger partial charge on any atom is 0.140 e. The first-order chi connectivity index (χ1) is 9.78. The van der Waals surface area contributed by atoms with Gasteiger partial charge in [0.05, 0.1) is 6.54 Å². The van der Waals surface area contributed by atoms with Gasteiger partial charge in [-0.1, -0.05) is 0 Å². The van der Waals surface area contributed by atoms with Crippen molar-refractivity contribution < 1.29 is 0 Å². The van der Waals surface area contributed by atoms with Crippen molar-refractivity contribution in [3.63, 3.8) is 0 Å². The monoisotopic (exact) mass is 330 g/mol. The number of nitrogens with zero attached hydrogens (tertiary/aromatic N) is 3. The summed E-state index contributed by atoms with van der Waals surface area (Å²) in [6.45, 7) is 1.61. The summed E-state index contributed by atoms with van der Waals surface area (Å²) in [5, 5.41) is 4.40. The van der Waals surface area contributed by atoms with E-state index >= 15 is 0 Å². The highest BCUT2D eigenvalue weighted by Crippen LogP contribution is 2.21. The first kappa shape index (κ1) is 13.3. The minimum atomic E-state index is 0.768. The normalized spacial score (nSPS) is 11.1. The van der Waals surface area contributed by atoms with Crippen LogP contribution in [0.15, 0.2) is 47.5 Å². The number of nitrogens with one attached hydrogen (secondary N) is 1. The first-order valence-electron chi connectivity index (χ1n) is 6.44. The van der Waals surface area contributed by atoms with Crippen molar-refractivity contribution >= 4 is 27.0 Å². The molecule has 4 nitrogen and oxygen atoms in total. The molecule has 3 aromatic heterocycles. The fraction of sp³-hybridized carbons (Fsp3) is 0.200. The molecular weight excluding hydrogens is 316 g/mol. The number of aromatic nitrogens is 3. The largest absolute Gasteiger partial charge is 0.328 e. The van der Waals surface area contributed by atoms with Crippen molar-refractivity contribution in [2.24, 2.45) is 0 Å². The summed E-state index contributed by atoms with van der Waals surface area (Å²) < 4.78 is 3.17. The molecule has 0 unspecified atom stereocenters. The Morgan fingerprint density at radius 1 is 1.35 bits per heavy atom. The summed E-state index contributed by atoms with van der Waals surface area (Å²) in [6, 6.07) is 6.18. The Morgan fingerprint density at radius 2 is 2.25 bits per heavy atom. The van der Waals surface area contributed by atoms with Crippen LogP contribution in [-0.2, 0) is 13.1 Å². The Kier molecular flexibility index (Phi) is 3.80. The number of hydrogen-bond acceptors (Lipinski definition) is 3. The van der Waals surface area contributed by atoms with Crippen LogP contribution in [0.1, 0.15) is 11.1 Å². The summed E-state index contributed by atoms with van der Waals surface area (Å²) in [5.41, 5.74) is 3.43. The molecule has 0 aliphatic heterocycles. The van der Waals surface area contributed by atoms with Gasteiger partial charge in [0.1, 0.15) is 5.65 Å². The Hall–Kier alpha value is -1.72. The van der Waals surface area contributed by atoms with Gasteiger partial charge in [-0.3, -0.25) is 4.98 Å². The second-order valence-corrected chi connectivity index (χ2v) is 5.61. The maximum absolute atomic E-state index is 4.51. The van der Waals surface area contributed by atoms with Gasteiger partial charge < -0.3 is 9.88 Å². The Bertz CT molecular complexity index is 736. The molecule has 3 rings (SSSR count). The molecule has 0 fully saturated rings. The molecule has 5 heteroatoms. The van der Waals surface area contributed by atoms with E-state index in [9.17, 15) is 0 Å². The van der Waals surface area contributed by atoms with Crippen molar-refractivity contribution in [2.45, 2.75) is 13.1 Å². The van der Waals surface area contributed by atoms with Gasteiger partial charge in [-0.2, -0.15) is 0 Å². The third kappa shape index (κ3) is 2.59. The number of hydrogen-bond donors (Lipinski definition) is 1. The van der Waals surface area contributed by atoms with E-state index in [0.717, 1.165) is 28.8 Å². The molecule has 3 heterocycles. The minimum Gasteiger partial charge on any atom is -0.328 e. The Morgan fingerprint density at radius 3 is 3.05 bits per heavy atom. The van der Waals surface area contributed by atoms with E-state index in [0.29, 0.717) is 0 Å². The molecular formula is C15H15BrN4. The highest BCUT2D eigenvalue weighted by atomic mass is 79.9. The molecule has 0 atom stereocenters. The lowest BCUT2D eigenvalue weighted by Gasteiger charge is -2.04. The van der Waals surface area contributed by atoms with Crippen LogP contribution in [0.25, 0.3) is 11.0 Å². The molecule has 0 saturated heterocycles. The van der Waals surface area contributed by atoms with Crippen molar-refractivity contribution in [1.82, 2.24) is 19.9 Å². The van der Waals surface area contributed by atoms with Crippen LogP contribution in [0.3, 0.4) is 0 Å². The average molecular weight is 331 g/mol. The number of rotatable bonds is 4. The number of halogens is 1. The molecule has 0 radical (unpaired) electrons. The average Bonchev–Trinajstić information content (AvgIpc) is 2.78. The van der Waals surface area contributed by atoms with Gasteiger partial charge in [-0.15, -0.1) is 0 Å². The smallest absolute Gasteiger partial charge is 0.140 e. The first-order valence-corrected chi connectivity index (χ1v) is 7.24. The summed E-state index contributed by atoms with van der Waals surface area (Å²) in [7, 11) is 1.96. The predicted molar refractivity (Wildman–Crippen MR) is 83.5 cm³/mol. The molecule has 0 aliphatic carbocycles. The number of fused-ring (bicyclic) bond motifs is 1. The van der Waals surface area contributed by atoms with E-state index in [-0.39, 0.29) is 0 Å². The fourth-order valence-electron chi connectivity index (χ4n) is 2.39. The van der Waals surface area contributed by atoms with Crippen molar-refractivity contribution in [2.75, 3.05) is 7.05 Å². The van der Waals surface area contributed by atoms with Crippen molar-refractivity contribution in [3.05, 3.63) is 58.6 Å². The molecule has 3 aromatic rings. The van der Waals surface area contributed by atoms with Crippen molar-refractivity contribution in [1.29, 1.82) is 0 Å². The van der Waals surface area contributed by atoms with Gasteiger partial charge in [-0.25, -0.2) is 4.98 Å². The van der Waals surface area contributed by atoms with E-state index in [2.05, 4.69) is 54.1 Å². The zero-order valence-electron chi connectivity index (χ0n) is 11.2. The van der Waals surface area contributed by atoms with Gasteiger partial charge >= 0.3 is 0 Å². The Labute approximate surface area is 126 Å². The van der Waals surface area contributed by atoms with Crippen LogP contribution in [0.4, 0.5) is 0 Å². The lowest BCUT2D eigenvalue weighted by Crippen LogP contribution is -2.04. The maximum atomic E-state index is 4.51. The van der Waals surface area contributed by atoms with Crippen LogP contribution in [0, 0.1) is 0 Å². The van der Waals surface area contributed by atoms with Crippen LogP contribution >= 0.6 is 15.9 Å². The third-order valence-electron chi connectivity index (χ3n) is 3.20. The topological polar surface area (TPSA) is 42.7 Å². The molecule has 0 spiro atoms. The zero-order chi connectivity index (χ0) is 13.9. The molecule has 1 N–H and O–H groups in total. The molecule has 20 heavy (non-hydrogen) atoms. The van der Waals surface area contributed by atoms with Crippen molar-refractivity contribution in [3.8, 4) is 0 Å². The molecule has 0 bridgehead atoms. The quantitative estimate of drug-likeness (QED) is 0.799. The SMILES string of the molecule is CNCc1cn(Cc2cncc(Br)c2)c2ncccc12. The predicted octanol–water partition coefficient (Wildman–Crippen LogP) is 2.96. The van der Waals surface area contributed by atoms with Gasteiger partial charge in [-0.05, 0) is 52.3 Å². The zero-order valence-corrected chi connectivity index (χ0v) is 12.8. The van der Waals surface area contributed by atoms with Gasteiger partial charge in [0.25, 0.3) is 0 Å². The van der Waals surface area contributed by atoms with E-state index in [4.69, 9.17) is 0 Å². The Balaban J connectivity index is 2.03. The summed E-state index contributed by atoms with van der Waals surface area (Å²) in [6.07, 6.45) is 7.68. The van der Waals surface area contributed by atoms with Gasteiger partial charge in [0, 0.05) is 41.2 Å². The fourth-order valence-corrected chi connectivity index (χ4v) is 2.80. The summed E-state index contributed by atoms with van der Waals surface area (Å²) >= 11 is 3.46. The lowest BCUT2D eigenvalue weighted by atomic mass is 10.2. The third-order valence-corrected chi connectivity index (χ3v) is 3.63. The molecule has 102 valence electrons.